The van der Waals surface area contributed by atoms with Crippen LogP contribution in [0.1, 0.15) is 48.9 Å². The van der Waals surface area contributed by atoms with Crippen molar-refractivity contribution in [3.63, 3.8) is 0 Å². The van der Waals surface area contributed by atoms with Crippen LogP contribution in [-0.2, 0) is 11.8 Å². The second kappa shape index (κ2) is 10.5. The van der Waals surface area contributed by atoms with E-state index >= 15 is 0 Å². The van der Waals surface area contributed by atoms with E-state index in [1.807, 2.05) is 19.3 Å². The van der Waals surface area contributed by atoms with Crippen LogP contribution in [0.4, 0.5) is 0 Å². The average molecular weight is 418 g/mol. The van der Waals surface area contributed by atoms with Crippen molar-refractivity contribution >= 4 is 20.1 Å². The normalized spacial score (nSPS) is 12.1. The second-order valence-electron chi connectivity index (χ2n) is 7.66. The summed E-state index contributed by atoms with van der Waals surface area (Å²) < 4.78 is 6.38. The van der Waals surface area contributed by atoms with Crippen molar-refractivity contribution in [2.75, 3.05) is 7.05 Å². The van der Waals surface area contributed by atoms with Crippen LogP contribution >= 0.6 is 8.58 Å². The Kier molecular flexibility index (Phi) is 7.82. The predicted molar refractivity (Wildman–Crippen MR) is 132 cm³/mol. The number of hydrogen-bond acceptors (Lipinski definition) is 2. The van der Waals surface area contributed by atoms with E-state index in [2.05, 4.69) is 92.5 Å². The molecule has 3 heteroatoms. The zero-order chi connectivity index (χ0) is 21.4. The summed E-state index contributed by atoms with van der Waals surface area (Å²) in [5.41, 5.74) is 5.00. The molecule has 1 atom stereocenters. The maximum Gasteiger partial charge on any atom is 0.123 e. The maximum atomic E-state index is 6.38. The quantitative estimate of drug-likeness (QED) is 0.282. The Balaban J connectivity index is 1.99. The van der Waals surface area contributed by atoms with E-state index in [1.54, 1.807) is 0 Å². The van der Waals surface area contributed by atoms with Crippen molar-refractivity contribution in [3.05, 3.63) is 95.1 Å². The van der Waals surface area contributed by atoms with Crippen LogP contribution in [0, 0.1) is 6.92 Å². The minimum Gasteiger partial charge on any atom is -0.489 e. The summed E-state index contributed by atoms with van der Waals surface area (Å²) in [5, 5.41) is 1.40. The van der Waals surface area contributed by atoms with Crippen molar-refractivity contribution in [3.8, 4) is 5.75 Å². The first-order valence-corrected chi connectivity index (χ1v) is 11.7. The summed E-state index contributed by atoms with van der Waals surface area (Å²) in [6.45, 7) is 7.36. The lowest BCUT2D eigenvalue weighted by molar-refractivity contribution is 0.298. The Morgan fingerprint density at radius 1 is 0.933 bits per heavy atom. The first kappa shape index (κ1) is 22.2. The molecule has 0 saturated carbocycles. The highest BCUT2D eigenvalue weighted by Gasteiger charge is 2.32. The van der Waals surface area contributed by atoms with Crippen LogP contribution < -0.4 is 10.0 Å². The molecule has 3 aromatic carbocycles. The van der Waals surface area contributed by atoms with Crippen LogP contribution in [0.25, 0.3) is 0 Å². The van der Waals surface area contributed by atoms with Crippen LogP contribution in [0.5, 0.6) is 5.75 Å². The van der Waals surface area contributed by atoms with E-state index in [4.69, 9.17) is 4.74 Å². The summed E-state index contributed by atoms with van der Waals surface area (Å²) in [5.74, 6) is 1.00. The fourth-order valence-corrected chi connectivity index (χ4v) is 5.55. The molecule has 0 spiro atoms. The molecule has 3 rings (SSSR count). The zero-order valence-electron chi connectivity index (χ0n) is 18.5. The topological polar surface area (TPSA) is 21.6 Å². The molecule has 0 aliphatic heterocycles. The van der Waals surface area contributed by atoms with Gasteiger partial charge in [0.25, 0.3) is 0 Å². The average Bonchev–Trinajstić information content (AvgIpc) is 2.79. The summed E-state index contributed by atoms with van der Waals surface area (Å²) in [6, 6.07) is 25.7. The van der Waals surface area contributed by atoms with Gasteiger partial charge in [0, 0.05) is 24.0 Å². The van der Waals surface area contributed by atoms with Crippen LogP contribution in [-0.4, -0.2) is 13.3 Å². The number of ether oxygens (including phenoxy) is 1. The van der Waals surface area contributed by atoms with Gasteiger partial charge in [-0.05, 0) is 42.3 Å². The van der Waals surface area contributed by atoms with Crippen molar-refractivity contribution in [2.24, 2.45) is 4.99 Å². The number of rotatable bonds is 9. The third kappa shape index (κ3) is 5.18. The number of benzene rings is 3. The minimum absolute atomic E-state index is 0.0374. The molecule has 0 heterocycles. The SMILES string of the molecule is CCC(CC)(Pc1ccccc1C=NC)c1cc(C)ccc1OCc1ccccc1. The highest BCUT2D eigenvalue weighted by molar-refractivity contribution is 7.48. The van der Waals surface area contributed by atoms with Gasteiger partial charge in [-0.1, -0.05) is 94.7 Å². The first-order valence-electron chi connectivity index (χ1n) is 10.7. The van der Waals surface area contributed by atoms with Gasteiger partial charge < -0.3 is 4.74 Å². The summed E-state index contributed by atoms with van der Waals surface area (Å²) in [6.07, 6.45) is 4.09. The highest BCUT2D eigenvalue weighted by Crippen LogP contribution is 2.50. The van der Waals surface area contributed by atoms with Crippen LogP contribution in [0.2, 0.25) is 0 Å². The van der Waals surface area contributed by atoms with Gasteiger partial charge in [0.2, 0.25) is 0 Å². The molecule has 0 aliphatic carbocycles. The van der Waals surface area contributed by atoms with Gasteiger partial charge in [-0.15, -0.1) is 0 Å². The lowest BCUT2D eigenvalue weighted by Crippen LogP contribution is -2.24. The van der Waals surface area contributed by atoms with Gasteiger partial charge >= 0.3 is 0 Å². The largest absolute Gasteiger partial charge is 0.489 e. The van der Waals surface area contributed by atoms with Crippen molar-refractivity contribution in [2.45, 2.75) is 45.4 Å². The molecule has 156 valence electrons. The van der Waals surface area contributed by atoms with E-state index in [0.717, 1.165) is 18.6 Å². The van der Waals surface area contributed by atoms with Gasteiger partial charge in [-0.3, -0.25) is 4.99 Å². The standard InChI is InChI=1S/C27H32NOP/c1-5-27(6-2,30-26-15-11-10-14-23(26)19-28-4)24-18-21(3)16-17-25(24)29-20-22-12-8-7-9-13-22/h7-19,30H,5-6,20H2,1-4H3. The smallest absolute Gasteiger partial charge is 0.123 e. The predicted octanol–water partition coefficient (Wildman–Crippen LogP) is 6.64. The zero-order valence-corrected chi connectivity index (χ0v) is 19.5. The molecular formula is C27H32NOP. The molecule has 0 N–H and O–H groups in total. The van der Waals surface area contributed by atoms with Crippen molar-refractivity contribution < 1.29 is 4.74 Å². The molecule has 0 fully saturated rings. The Hall–Kier alpha value is -2.44. The molecule has 3 aromatic rings. The number of hydrogen-bond donors (Lipinski definition) is 0. The third-order valence-electron chi connectivity index (χ3n) is 5.70. The lowest BCUT2D eigenvalue weighted by atomic mass is 9.90. The molecule has 0 bridgehead atoms. The van der Waals surface area contributed by atoms with E-state index in [0.29, 0.717) is 15.2 Å². The molecule has 0 saturated heterocycles. The third-order valence-corrected chi connectivity index (χ3v) is 7.88. The monoisotopic (exact) mass is 417 g/mol. The van der Waals surface area contributed by atoms with Gasteiger partial charge in [0.15, 0.2) is 0 Å². The highest BCUT2D eigenvalue weighted by atomic mass is 31.1. The molecule has 1 unspecified atom stereocenters. The second-order valence-corrected chi connectivity index (χ2v) is 9.41. The number of aliphatic imine (C=N–C) groups is 1. The van der Waals surface area contributed by atoms with E-state index in [-0.39, 0.29) is 5.16 Å². The van der Waals surface area contributed by atoms with Gasteiger partial charge in [-0.25, -0.2) is 0 Å². The molecule has 30 heavy (non-hydrogen) atoms. The fourth-order valence-electron chi connectivity index (χ4n) is 3.87. The molecular weight excluding hydrogens is 385 g/mol. The van der Waals surface area contributed by atoms with E-state index in [9.17, 15) is 0 Å². The van der Waals surface area contributed by atoms with Crippen LogP contribution in [0.15, 0.2) is 77.8 Å². The number of aryl methyl sites for hydroxylation is 1. The van der Waals surface area contributed by atoms with Gasteiger partial charge in [0.1, 0.15) is 12.4 Å². The van der Waals surface area contributed by atoms with Gasteiger partial charge in [-0.2, -0.15) is 0 Å². The Morgan fingerprint density at radius 3 is 2.33 bits per heavy atom. The van der Waals surface area contributed by atoms with Gasteiger partial charge in [0.05, 0.1) is 0 Å². The van der Waals surface area contributed by atoms with Crippen LogP contribution in [0.3, 0.4) is 0 Å². The molecule has 0 aliphatic rings. The fraction of sp³-hybridized carbons (Fsp3) is 0.296. The van der Waals surface area contributed by atoms with Crippen molar-refractivity contribution in [1.82, 2.24) is 0 Å². The molecule has 2 nitrogen and oxygen atoms in total. The maximum absolute atomic E-state index is 6.38. The summed E-state index contributed by atoms with van der Waals surface area (Å²) >= 11 is 0. The lowest BCUT2D eigenvalue weighted by Gasteiger charge is -2.35. The first-order chi connectivity index (χ1) is 14.6. The number of nitrogens with zero attached hydrogens (tertiary/aromatic N) is 1. The van der Waals surface area contributed by atoms with E-state index in [1.165, 1.54) is 27.6 Å². The van der Waals surface area contributed by atoms with Crippen molar-refractivity contribution in [1.29, 1.82) is 0 Å². The molecule has 0 radical (unpaired) electrons. The molecule has 0 aromatic heterocycles. The summed E-state index contributed by atoms with van der Waals surface area (Å²) in [7, 11) is 2.48. The Bertz CT molecular complexity index is 977. The van der Waals surface area contributed by atoms with E-state index < -0.39 is 0 Å². The molecule has 0 amide bonds. The Morgan fingerprint density at radius 2 is 1.63 bits per heavy atom. The Labute approximate surface area is 183 Å². The summed E-state index contributed by atoms with van der Waals surface area (Å²) in [4.78, 5) is 4.27. The minimum atomic E-state index is 0.0374.